The second-order valence-electron chi connectivity index (χ2n) is 7.26. The van der Waals surface area contributed by atoms with Crippen LogP contribution in [0.1, 0.15) is 29.0 Å². The van der Waals surface area contributed by atoms with Gasteiger partial charge in [-0.05, 0) is 46.4 Å². The van der Waals surface area contributed by atoms with E-state index in [1.807, 2.05) is 0 Å². The fraction of sp³-hybridized carbons (Fsp3) is 0.0769. The summed E-state index contributed by atoms with van der Waals surface area (Å²) in [5.41, 5.74) is 9.42. The Balaban J connectivity index is 1.69. The van der Waals surface area contributed by atoms with Gasteiger partial charge in [0.15, 0.2) is 0 Å². The maximum Gasteiger partial charge on any atom is 0.134 e. The molecule has 0 saturated carbocycles. The molecule has 0 unspecified atom stereocenters. The zero-order valence-corrected chi connectivity index (χ0v) is 14.9. The Labute approximate surface area is 158 Å². The van der Waals surface area contributed by atoms with Crippen LogP contribution in [-0.2, 0) is 0 Å². The molecule has 0 saturated heterocycles. The van der Waals surface area contributed by atoms with Crippen LogP contribution in [0.2, 0.25) is 0 Å². The van der Waals surface area contributed by atoms with Crippen molar-refractivity contribution in [2.45, 2.75) is 12.3 Å². The molecule has 1 aliphatic heterocycles. The zero-order chi connectivity index (χ0) is 17.8. The highest BCUT2D eigenvalue weighted by molar-refractivity contribution is 5.92. The third-order valence-electron chi connectivity index (χ3n) is 5.85. The number of ether oxygens (including phenoxy) is 1. The van der Waals surface area contributed by atoms with Gasteiger partial charge in [-0.25, -0.2) is 0 Å². The van der Waals surface area contributed by atoms with Gasteiger partial charge in [-0.3, -0.25) is 0 Å². The molecule has 1 heteroatoms. The first-order valence-corrected chi connectivity index (χ1v) is 9.47. The maximum absolute atomic E-state index is 6.25. The molecular weight excluding hydrogens is 328 g/mol. The lowest BCUT2D eigenvalue weighted by molar-refractivity contribution is 0.425. The van der Waals surface area contributed by atoms with Gasteiger partial charge < -0.3 is 4.74 Å². The van der Waals surface area contributed by atoms with Gasteiger partial charge in [-0.1, -0.05) is 78.9 Å². The van der Waals surface area contributed by atoms with Crippen LogP contribution in [-0.4, -0.2) is 0 Å². The van der Waals surface area contributed by atoms with Gasteiger partial charge >= 0.3 is 0 Å². The molecule has 3 aromatic carbocycles. The van der Waals surface area contributed by atoms with E-state index in [1.165, 1.54) is 39.0 Å². The molecule has 1 heterocycles. The molecule has 3 aliphatic rings. The van der Waals surface area contributed by atoms with Crippen LogP contribution >= 0.6 is 0 Å². The molecule has 0 N–H and O–H groups in total. The number of hydrogen-bond acceptors (Lipinski definition) is 1. The molecule has 1 nitrogen and oxygen atoms in total. The van der Waals surface area contributed by atoms with Crippen molar-refractivity contribution in [3.63, 3.8) is 0 Å². The summed E-state index contributed by atoms with van der Waals surface area (Å²) >= 11 is 0. The Kier molecular flexibility index (Phi) is 3.06. The monoisotopic (exact) mass is 346 g/mol. The van der Waals surface area contributed by atoms with Crippen LogP contribution in [0.3, 0.4) is 0 Å². The average Bonchev–Trinajstić information content (AvgIpc) is 3.06. The van der Waals surface area contributed by atoms with Gasteiger partial charge in [-0.15, -0.1) is 0 Å². The summed E-state index contributed by atoms with van der Waals surface area (Å²) in [6.07, 6.45) is 7.34. The number of hydrogen-bond donors (Lipinski definition) is 0. The summed E-state index contributed by atoms with van der Waals surface area (Å²) < 4.78 is 6.25. The number of para-hydroxylation sites is 1. The van der Waals surface area contributed by atoms with Crippen LogP contribution in [0.15, 0.2) is 102 Å². The van der Waals surface area contributed by atoms with Crippen LogP contribution in [0.5, 0.6) is 5.75 Å². The van der Waals surface area contributed by atoms with E-state index in [9.17, 15) is 0 Å². The predicted molar refractivity (Wildman–Crippen MR) is 110 cm³/mol. The molecule has 2 aliphatic carbocycles. The minimum atomic E-state index is 0.243. The smallest absolute Gasteiger partial charge is 0.134 e. The quantitative estimate of drug-likeness (QED) is 0.489. The van der Waals surface area contributed by atoms with E-state index in [0.717, 1.165) is 17.9 Å². The second-order valence-corrected chi connectivity index (χ2v) is 7.26. The Bertz CT molecular complexity index is 1130. The summed E-state index contributed by atoms with van der Waals surface area (Å²) in [6.45, 7) is 0. The van der Waals surface area contributed by atoms with Crippen molar-refractivity contribution < 1.29 is 4.74 Å². The van der Waals surface area contributed by atoms with Crippen molar-refractivity contribution in [3.8, 4) is 16.9 Å². The molecule has 27 heavy (non-hydrogen) atoms. The average molecular weight is 346 g/mol. The Morgan fingerprint density at radius 2 is 1.33 bits per heavy atom. The van der Waals surface area contributed by atoms with Gasteiger partial charge in [0.2, 0.25) is 0 Å². The van der Waals surface area contributed by atoms with Crippen LogP contribution in [0, 0.1) is 0 Å². The first-order chi connectivity index (χ1) is 13.4. The molecule has 0 spiro atoms. The third-order valence-corrected chi connectivity index (χ3v) is 5.85. The second kappa shape index (κ2) is 5.59. The predicted octanol–water partition coefficient (Wildman–Crippen LogP) is 6.49. The van der Waals surface area contributed by atoms with E-state index < -0.39 is 0 Å². The standard InChI is InChI=1S/C26H18O/c1-3-11-19-17(9-1)18-10-2-4-12-20(18)25(19)26-21-13-5-7-15-23(21)27-24-16-8-6-14-22(24)26/h1-13,15-16,25H,14H2. The van der Waals surface area contributed by atoms with E-state index >= 15 is 0 Å². The molecule has 0 atom stereocenters. The largest absolute Gasteiger partial charge is 0.456 e. The molecule has 6 rings (SSSR count). The van der Waals surface area contributed by atoms with Crippen molar-refractivity contribution in [2.75, 3.05) is 0 Å². The van der Waals surface area contributed by atoms with E-state index in [-0.39, 0.29) is 5.92 Å². The lowest BCUT2D eigenvalue weighted by Crippen LogP contribution is -2.15. The fourth-order valence-electron chi connectivity index (χ4n) is 4.74. The van der Waals surface area contributed by atoms with E-state index in [2.05, 4.69) is 91.0 Å². The SMILES string of the molecule is C1=CCC2=C(C3c4ccccc4-c4ccccc43)c3ccccc3OC2=C1. The van der Waals surface area contributed by atoms with Gasteiger partial charge in [-0.2, -0.15) is 0 Å². The molecule has 0 amide bonds. The third kappa shape index (κ3) is 2.06. The van der Waals surface area contributed by atoms with Gasteiger partial charge in [0.05, 0.1) is 0 Å². The van der Waals surface area contributed by atoms with Gasteiger partial charge in [0, 0.05) is 17.1 Å². The van der Waals surface area contributed by atoms with Crippen molar-refractivity contribution >= 4 is 5.57 Å². The Morgan fingerprint density at radius 3 is 2.07 bits per heavy atom. The number of allylic oxidation sites excluding steroid dienone is 5. The summed E-state index contributed by atoms with van der Waals surface area (Å²) in [5.74, 6) is 2.19. The molecule has 128 valence electrons. The maximum atomic E-state index is 6.25. The number of rotatable bonds is 1. The van der Waals surface area contributed by atoms with Crippen LogP contribution in [0.4, 0.5) is 0 Å². The minimum absolute atomic E-state index is 0.243. The molecule has 0 radical (unpaired) electrons. The zero-order valence-electron chi connectivity index (χ0n) is 14.9. The van der Waals surface area contributed by atoms with Crippen LogP contribution in [0.25, 0.3) is 16.7 Å². The Morgan fingerprint density at radius 1 is 0.704 bits per heavy atom. The first-order valence-electron chi connectivity index (χ1n) is 9.47. The molecule has 0 aromatic heterocycles. The van der Waals surface area contributed by atoms with E-state index in [0.29, 0.717) is 0 Å². The minimum Gasteiger partial charge on any atom is -0.456 e. The van der Waals surface area contributed by atoms with Crippen molar-refractivity contribution in [2.24, 2.45) is 0 Å². The highest BCUT2D eigenvalue weighted by atomic mass is 16.5. The van der Waals surface area contributed by atoms with Crippen molar-refractivity contribution in [1.82, 2.24) is 0 Å². The summed E-state index contributed by atoms with van der Waals surface area (Å²) in [4.78, 5) is 0. The van der Waals surface area contributed by atoms with E-state index in [1.54, 1.807) is 0 Å². The normalized spacial score (nSPS) is 16.8. The lowest BCUT2D eigenvalue weighted by atomic mass is 9.79. The molecule has 0 fully saturated rings. The fourth-order valence-corrected chi connectivity index (χ4v) is 4.74. The summed E-state index contributed by atoms with van der Waals surface area (Å²) in [5, 5.41) is 0. The van der Waals surface area contributed by atoms with E-state index in [4.69, 9.17) is 4.74 Å². The lowest BCUT2D eigenvalue weighted by Gasteiger charge is -2.31. The molecule has 3 aromatic rings. The van der Waals surface area contributed by atoms with Gasteiger partial charge in [0.1, 0.15) is 11.5 Å². The molecular formula is C26H18O. The number of benzene rings is 3. The summed E-state index contributed by atoms with van der Waals surface area (Å²) in [6, 6.07) is 26.1. The highest BCUT2D eigenvalue weighted by Crippen LogP contribution is 2.55. The van der Waals surface area contributed by atoms with Gasteiger partial charge in [0.25, 0.3) is 0 Å². The first kappa shape index (κ1) is 14.8. The number of fused-ring (bicyclic) bond motifs is 5. The highest BCUT2D eigenvalue weighted by Gasteiger charge is 2.36. The summed E-state index contributed by atoms with van der Waals surface area (Å²) in [7, 11) is 0. The van der Waals surface area contributed by atoms with Crippen molar-refractivity contribution in [1.29, 1.82) is 0 Å². The topological polar surface area (TPSA) is 9.23 Å². The Hall–Kier alpha value is -3.32. The van der Waals surface area contributed by atoms with Crippen molar-refractivity contribution in [3.05, 3.63) is 119 Å². The van der Waals surface area contributed by atoms with Crippen LogP contribution < -0.4 is 4.74 Å². The molecule has 0 bridgehead atoms.